The topological polar surface area (TPSA) is 90.1 Å². The van der Waals surface area contributed by atoms with E-state index in [0.29, 0.717) is 19.4 Å². The predicted octanol–water partition coefficient (Wildman–Crippen LogP) is 4.42. The van der Waals surface area contributed by atoms with E-state index in [-0.39, 0.29) is 23.2 Å². The maximum absolute atomic E-state index is 13.7. The van der Waals surface area contributed by atoms with Crippen molar-refractivity contribution < 1.29 is 17.6 Å². The monoisotopic (exact) mass is 509 g/mol. The van der Waals surface area contributed by atoms with Crippen molar-refractivity contribution in [2.75, 3.05) is 6.54 Å². The van der Waals surface area contributed by atoms with Gasteiger partial charge in [0, 0.05) is 30.6 Å². The molecule has 2 aromatic carbocycles. The zero-order valence-corrected chi connectivity index (χ0v) is 21.0. The van der Waals surface area contributed by atoms with E-state index in [9.17, 15) is 17.6 Å². The summed E-state index contributed by atoms with van der Waals surface area (Å²) < 4.78 is 45.7. The van der Waals surface area contributed by atoms with Gasteiger partial charge in [0.05, 0.1) is 29.6 Å². The summed E-state index contributed by atoms with van der Waals surface area (Å²) >= 11 is 0. The second-order valence-corrected chi connectivity index (χ2v) is 11.2. The molecule has 1 fully saturated rings. The van der Waals surface area contributed by atoms with Gasteiger partial charge in [-0.25, -0.2) is 17.5 Å². The van der Waals surface area contributed by atoms with Crippen LogP contribution < -0.4 is 0 Å². The first-order valence-electron chi connectivity index (χ1n) is 12.1. The molecule has 2 unspecified atom stereocenters. The number of benzene rings is 2. The predicted molar refractivity (Wildman–Crippen MR) is 134 cm³/mol. The van der Waals surface area contributed by atoms with E-state index in [0.717, 1.165) is 40.4 Å². The number of fused-ring (bicyclic) bond motifs is 1. The molecular weight excluding hydrogens is 481 g/mol. The maximum atomic E-state index is 13.7. The van der Waals surface area contributed by atoms with Crippen molar-refractivity contribution in [3.63, 3.8) is 0 Å². The van der Waals surface area contributed by atoms with Crippen molar-refractivity contribution >= 4 is 27.2 Å². The lowest BCUT2D eigenvalue weighted by atomic mass is 9.87. The van der Waals surface area contributed by atoms with Crippen LogP contribution in [0.1, 0.15) is 43.4 Å². The van der Waals surface area contributed by atoms with E-state index in [2.05, 4.69) is 10.2 Å². The number of piperidine rings is 1. The van der Waals surface area contributed by atoms with Crippen LogP contribution in [-0.4, -0.2) is 45.1 Å². The van der Waals surface area contributed by atoms with Crippen molar-refractivity contribution in [1.29, 1.82) is 0 Å². The SMILES string of the molecule is CCCn1cc(S(=O)(=O)N2CCC(C=O)CC2c2cc3cnn(-c4ccc(F)cc4)c3cc2C)cn1. The molecule has 2 atom stereocenters. The van der Waals surface area contributed by atoms with Crippen molar-refractivity contribution in [3.05, 3.63) is 71.9 Å². The van der Waals surface area contributed by atoms with Gasteiger partial charge in [-0.2, -0.15) is 14.5 Å². The van der Waals surface area contributed by atoms with Gasteiger partial charge >= 0.3 is 0 Å². The van der Waals surface area contributed by atoms with E-state index >= 15 is 0 Å². The Bertz CT molecular complexity index is 1510. The molecule has 188 valence electrons. The summed E-state index contributed by atoms with van der Waals surface area (Å²) in [5.74, 6) is -0.543. The fourth-order valence-corrected chi connectivity index (χ4v) is 6.56. The number of aromatic nitrogens is 4. The largest absolute Gasteiger partial charge is 0.303 e. The molecule has 0 aliphatic carbocycles. The standard InChI is InChI=1S/C26H28FN5O3S/c1-3-9-30-16-23(15-28-30)36(34,35)31-10-8-19(17-33)12-26(31)24-13-20-14-29-32(25(20)11-18(24)2)22-6-4-21(27)5-7-22/h4-7,11,13-17,19,26H,3,8-10,12H2,1-2H3. The fraction of sp³-hybridized carbons (Fsp3) is 0.346. The molecule has 8 nitrogen and oxygen atoms in total. The number of carbonyl (C=O) groups excluding carboxylic acids is 1. The second kappa shape index (κ2) is 9.59. The molecule has 0 radical (unpaired) electrons. The summed E-state index contributed by atoms with van der Waals surface area (Å²) in [6.07, 6.45) is 7.35. The number of rotatable bonds is 7. The summed E-state index contributed by atoms with van der Waals surface area (Å²) in [7, 11) is -3.82. The van der Waals surface area contributed by atoms with Gasteiger partial charge in [0.2, 0.25) is 10.0 Å². The van der Waals surface area contributed by atoms with E-state index < -0.39 is 16.1 Å². The molecule has 4 aromatic rings. The Hall–Kier alpha value is -3.37. The molecule has 0 amide bonds. The zero-order valence-electron chi connectivity index (χ0n) is 20.2. The van der Waals surface area contributed by atoms with Crippen LogP contribution >= 0.6 is 0 Å². The Kier molecular flexibility index (Phi) is 6.48. The molecule has 1 aliphatic rings. The smallest absolute Gasteiger partial charge is 0.246 e. The Balaban J connectivity index is 1.56. The van der Waals surface area contributed by atoms with E-state index in [4.69, 9.17) is 0 Å². The molecule has 2 aromatic heterocycles. The van der Waals surface area contributed by atoms with E-state index in [1.165, 1.54) is 22.6 Å². The van der Waals surface area contributed by atoms with Gasteiger partial charge in [0.25, 0.3) is 0 Å². The summed E-state index contributed by atoms with van der Waals surface area (Å²) in [5.41, 5.74) is 3.30. The third-order valence-corrected chi connectivity index (χ3v) is 8.70. The first kappa shape index (κ1) is 24.3. The highest BCUT2D eigenvalue weighted by atomic mass is 32.2. The lowest BCUT2D eigenvalue weighted by molar-refractivity contribution is -0.112. The number of nitrogens with zero attached hydrogens (tertiary/aromatic N) is 5. The number of hydrogen-bond donors (Lipinski definition) is 0. The van der Waals surface area contributed by atoms with Gasteiger partial charge in [-0.15, -0.1) is 0 Å². The van der Waals surface area contributed by atoms with Crippen molar-refractivity contribution in [1.82, 2.24) is 23.9 Å². The summed E-state index contributed by atoms with van der Waals surface area (Å²) in [5, 5.41) is 9.53. The van der Waals surface area contributed by atoms with Gasteiger partial charge in [-0.05, 0) is 73.7 Å². The van der Waals surface area contributed by atoms with E-state index in [1.807, 2.05) is 26.0 Å². The normalized spacial score (nSPS) is 19.1. The fourth-order valence-electron chi connectivity index (χ4n) is 4.97. The van der Waals surface area contributed by atoms with Crippen LogP contribution in [0, 0.1) is 18.7 Å². The number of carbonyl (C=O) groups is 1. The third-order valence-electron chi connectivity index (χ3n) is 6.84. The lowest BCUT2D eigenvalue weighted by Gasteiger charge is -2.37. The van der Waals surface area contributed by atoms with Crippen LogP contribution in [0.3, 0.4) is 0 Å². The van der Waals surface area contributed by atoms with Crippen LogP contribution in [-0.2, 0) is 21.4 Å². The summed E-state index contributed by atoms with van der Waals surface area (Å²) in [6, 6.07) is 9.52. The van der Waals surface area contributed by atoms with Crippen LogP contribution in [0.25, 0.3) is 16.6 Å². The first-order chi connectivity index (χ1) is 17.3. The van der Waals surface area contributed by atoms with Gasteiger partial charge in [-0.3, -0.25) is 4.68 Å². The van der Waals surface area contributed by atoms with E-state index in [1.54, 1.807) is 33.9 Å². The Morgan fingerprint density at radius 1 is 1.14 bits per heavy atom. The molecule has 0 spiro atoms. The molecule has 0 bridgehead atoms. The molecule has 1 aliphatic heterocycles. The summed E-state index contributed by atoms with van der Waals surface area (Å²) in [6.45, 7) is 4.83. The highest BCUT2D eigenvalue weighted by Crippen LogP contribution is 2.40. The highest BCUT2D eigenvalue weighted by molar-refractivity contribution is 7.89. The van der Waals surface area contributed by atoms with Crippen molar-refractivity contribution in [2.45, 2.75) is 50.6 Å². The lowest BCUT2D eigenvalue weighted by Crippen LogP contribution is -2.41. The average Bonchev–Trinajstić information content (AvgIpc) is 3.51. The maximum Gasteiger partial charge on any atom is 0.246 e. The van der Waals surface area contributed by atoms with Gasteiger partial charge in [-0.1, -0.05) is 6.92 Å². The average molecular weight is 510 g/mol. The highest BCUT2D eigenvalue weighted by Gasteiger charge is 2.39. The molecule has 1 saturated heterocycles. The zero-order chi connectivity index (χ0) is 25.4. The van der Waals surface area contributed by atoms with Crippen LogP contribution in [0.15, 0.2) is 59.9 Å². The van der Waals surface area contributed by atoms with Gasteiger partial charge < -0.3 is 4.79 Å². The van der Waals surface area contributed by atoms with Crippen molar-refractivity contribution in [3.8, 4) is 5.69 Å². The molecule has 36 heavy (non-hydrogen) atoms. The molecule has 0 N–H and O–H groups in total. The quantitative estimate of drug-likeness (QED) is 0.344. The minimum absolute atomic E-state index is 0.161. The second-order valence-electron chi connectivity index (χ2n) is 9.29. The number of aldehydes is 1. The molecular formula is C26H28FN5O3S. The Morgan fingerprint density at radius 3 is 2.64 bits per heavy atom. The molecule has 0 saturated carbocycles. The molecule has 3 heterocycles. The number of halogens is 1. The van der Waals surface area contributed by atoms with Gasteiger partial charge in [0.15, 0.2) is 0 Å². The molecule has 10 heteroatoms. The number of aryl methyl sites for hydroxylation is 2. The number of sulfonamides is 1. The minimum Gasteiger partial charge on any atom is -0.303 e. The van der Waals surface area contributed by atoms with Crippen molar-refractivity contribution in [2.24, 2.45) is 5.92 Å². The summed E-state index contributed by atoms with van der Waals surface area (Å²) in [4.78, 5) is 11.9. The Labute approximate surface area is 209 Å². The number of hydrogen-bond acceptors (Lipinski definition) is 5. The van der Waals surface area contributed by atoms with Crippen LogP contribution in [0.5, 0.6) is 0 Å². The molecule has 5 rings (SSSR count). The van der Waals surface area contributed by atoms with Crippen LogP contribution in [0.4, 0.5) is 4.39 Å². The minimum atomic E-state index is -3.82. The first-order valence-corrected chi connectivity index (χ1v) is 13.5. The van der Waals surface area contributed by atoms with Crippen LogP contribution in [0.2, 0.25) is 0 Å². The van der Waals surface area contributed by atoms with Gasteiger partial charge in [0.1, 0.15) is 17.0 Å². The Morgan fingerprint density at radius 2 is 1.92 bits per heavy atom. The third kappa shape index (κ3) is 4.35.